The van der Waals surface area contributed by atoms with Crippen LogP contribution in [-0.4, -0.2) is 5.97 Å². The number of carbonyl (C=O) groups excluding carboxylic acids is 1. The monoisotopic (exact) mass is 582 g/mol. The number of benzene rings is 3. The molecule has 0 N–H and O–H groups in total. The molecule has 0 heterocycles. The third-order valence-electron chi connectivity index (χ3n) is 3.96. The van der Waals surface area contributed by atoms with Crippen molar-refractivity contribution in [2.45, 2.75) is 19.4 Å². The van der Waals surface area contributed by atoms with Gasteiger partial charge in [0.2, 0.25) is 0 Å². The van der Waals surface area contributed by atoms with E-state index < -0.39 is 0 Å². The maximum Gasteiger partial charge on any atom is 0.338 e. The van der Waals surface area contributed by atoms with Crippen LogP contribution in [0.4, 0.5) is 0 Å². The Bertz CT molecular complexity index is 783. The van der Waals surface area contributed by atoms with Crippen LogP contribution in [0.1, 0.15) is 35.4 Å². The summed E-state index contributed by atoms with van der Waals surface area (Å²) in [4.78, 5) is 12.4. The second-order valence-electron chi connectivity index (χ2n) is 5.58. The molecule has 0 fully saturated rings. The van der Waals surface area contributed by atoms with E-state index in [1.807, 2.05) is 85.8 Å². The molecule has 3 rings (SSSR count). The fourth-order valence-electron chi connectivity index (χ4n) is 2.63. The van der Waals surface area contributed by atoms with Crippen LogP contribution >= 0.6 is 0 Å². The first-order valence-electron chi connectivity index (χ1n) is 8.10. The molecule has 1 unspecified atom stereocenters. The number of ether oxygens (including phenoxy) is 1. The fourth-order valence-corrected chi connectivity index (χ4v) is 2.63. The van der Waals surface area contributed by atoms with Gasteiger partial charge in [0.25, 0.3) is 0 Å². The SMILES string of the molecule is CCC(OC(=O)c1ccc(-c2cc[c-]cc2)cc1)c1ccccc1.[Rf]. The van der Waals surface area contributed by atoms with E-state index in [1.165, 1.54) is 0 Å². The Labute approximate surface area is 142 Å². The van der Waals surface area contributed by atoms with Crippen molar-refractivity contribution in [2.75, 3.05) is 0 Å². The molecule has 1 atom stereocenters. The van der Waals surface area contributed by atoms with Gasteiger partial charge in [0, 0.05) is 0 Å². The molecule has 122 valence electrons. The second-order valence-corrected chi connectivity index (χ2v) is 5.58. The molecule has 3 heteroatoms. The summed E-state index contributed by atoms with van der Waals surface area (Å²) >= 11 is 0. The molecule has 0 aliphatic heterocycles. The summed E-state index contributed by atoms with van der Waals surface area (Å²) in [7, 11) is 0. The van der Waals surface area contributed by atoms with Crippen molar-refractivity contribution in [2.24, 2.45) is 0 Å². The minimum absolute atomic E-state index is 0. The van der Waals surface area contributed by atoms with Crippen LogP contribution in [0.25, 0.3) is 11.1 Å². The standard InChI is InChI=1S/C22H19O2.Rf/c1-2-21(19-11-7-4-8-12-19)24-22(23)20-15-13-18(14-16-20)17-9-5-3-6-10-17;/h4-16,21H,2H2,1H3;/q-1;. The quantitative estimate of drug-likeness (QED) is 0.295. The first-order chi connectivity index (χ1) is 11.8. The van der Waals surface area contributed by atoms with Crippen LogP contribution < -0.4 is 0 Å². The topological polar surface area (TPSA) is 26.3 Å². The van der Waals surface area contributed by atoms with Gasteiger partial charge < -0.3 is 4.74 Å². The molecule has 0 saturated heterocycles. The molecule has 0 saturated carbocycles. The molecule has 3 aromatic rings. The van der Waals surface area contributed by atoms with Gasteiger partial charge >= 0.3 is 5.97 Å². The molecular weight excluding hydrogens is 563 g/mol. The zero-order valence-electron chi connectivity index (χ0n) is 14.3. The van der Waals surface area contributed by atoms with Gasteiger partial charge in [-0.25, -0.2) is 4.79 Å². The predicted octanol–water partition coefficient (Wildman–Crippen LogP) is 5.46. The van der Waals surface area contributed by atoms with Crippen molar-refractivity contribution in [3.8, 4) is 11.1 Å². The number of rotatable bonds is 5. The summed E-state index contributed by atoms with van der Waals surface area (Å²) in [5.74, 6) is -0.293. The van der Waals surface area contributed by atoms with E-state index in [0.29, 0.717) is 5.56 Å². The van der Waals surface area contributed by atoms with E-state index in [2.05, 4.69) is 6.07 Å². The predicted molar refractivity (Wildman–Crippen MR) is 95.6 cm³/mol. The molecule has 0 spiro atoms. The zero-order valence-corrected chi connectivity index (χ0v) is 20.7. The minimum atomic E-state index is -0.293. The van der Waals surface area contributed by atoms with Crippen molar-refractivity contribution in [1.82, 2.24) is 0 Å². The summed E-state index contributed by atoms with van der Waals surface area (Å²) in [5.41, 5.74) is 3.75. The van der Waals surface area contributed by atoms with Crippen molar-refractivity contribution in [3.63, 3.8) is 0 Å². The fraction of sp³-hybridized carbons (Fsp3) is 0.136. The van der Waals surface area contributed by atoms with Crippen LogP contribution in [0, 0.1) is 6.07 Å². The maximum absolute atomic E-state index is 12.4. The average Bonchev–Trinajstić information content (AvgIpc) is 2.67. The van der Waals surface area contributed by atoms with Crippen molar-refractivity contribution >= 4 is 5.97 Å². The van der Waals surface area contributed by atoms with E-state index in [9.17, 15) is 4.79 Å². The van der Waals surface area contributed by atoms with Crippen molar-refractivity contribution in [1.29, 1.82) is 0 Å². The third-order valence-corrected chi connectivity index (χ3v) is 3.96. The minimum Gasteiger partial charge on any atom is -0.454 e. The Hall–Kier alpha value is -3.87. The molecule has 2 nitrogen and oxygen atoms in total. The first-order valence-corrected chi connectivity index (χ1v) is 8.10. The Morgan fingerprint density at radius 1 is 0.920 bits per heavy atom. The van der Waals surface area contributed by atoms with Crippen LogP contribution in [-0.2, 0) is 4.74 Å². The van der Waals surface area contributed by atoms with Crippen molar-refractivity contribution in [3.05, 3.63) is 96.1 Å². The van der Waals surface area contributed by atoms with E-state index in [1.54, 1.807) is 0 Å². The van der Waals surface area contributed by atoms with Gasteiger partial charge in [-0.1, -0.05) is 49.4 Å². The summed E-state index contributed by atoms with van der Waals surface area (Å²) in [5, 5.41) is 0. The van der Waals surface area contributed by atoms with E-state index in [4.69, 9.17) is 4.74 Å². The molecule has 25 heavy (non-hydrogen) atoms. The third kappa shape index (κ3) is 4.11. The number of carbonyl (C=O) groups is 1. The van der Waals surface area contributed by atoms with Crippen LogP contribution in [0.5, 0.6) is 0 Å². The molecule has 3 aromatic carbocycles. The Kier molecular flexibility index (Phi) is 5.67. The first kappa shape index (κ1) is 17.5. The molecule has 0 aliphatic carbocycles. The van der Waals surface area contributed by atoms with E-state index in [0.717, 1.165) is 23.1 Å². The average molecular weight is 582 g/mol. The Morgan fingerprint density at radius 3 is 2.12 bits per heavy atom. The van der Waals surface area contributed by atoms with Gasteiger partial charge in [-0.2, -0.15) is 30.3 Å². The summed E-state index contributed by atoms with van der Waals surface area (Å²) in [6, 6.07) is 28.1. The Morgan fingerprint density at radius 2 is 1.52 bits per heavy atom. The zero-order chi connectivity index (χ0) is 16.8. The molecule has 0 amide bonds. The molecule has 0 radical (unpaired) electrons. The molecule has 0 aromatic heterocycles. The molecule has 0 bridgehead atoms. The number of hydrogen-bond acceptors (Lipinski definition) is 2. The Balaban J connectivity index is 0.00000225. The summed E-state index contributed by atoms with van der Waals surface area (Å²) < 4.78 is 5.67. The van der Waals surface area contributed by atoms with E-state index >= 15 is 0 Å². The molecular formula is C22H19O2Rf-. The second kappa shape index (κ2) is 8.11. The van der Waals surface area contributed by atoms with E-state index in [-0.39, 0.29) is 12.1 Å². The van der Waals surface area contributed by atoms with Gasteiger partial charge in [-0.05, 0) is 29.7 Å². The number of esters is 1. The summed E-state index contributed by atoms with van der Waals surface area (Å²) in [6.07, 6.45) is 0.525. The normalized spacial score (nSPS) is 11.2. The van der Waals surface area contributed by atoms with Crippen LogP contribution in [0.2, 0.25) is 0 Å². The van der Waals surface area contributed by atoms with Gasteiger partial charge in [-0.15, -0.1) is 5.56 Å². The van der Waals surface area contributed by atoms with Crippen molar-refractivity contribution < 1.29 is 9.53 Å². The largest absolute Gasteiger partial charge is 0.454 e. The van der Waals surface area contributed by atoms with Gasteiger partial charge in [0.15, 0.2) is 0 Å². The summed E-state index contributed by atoms with van der Waals surface area (Å²) in [6.45, 7) is 2.01. The van der Waals surface area contributed by atoms with Gasteiger partial charge in [0.05, 0.1) is 5.56 Å². The number of hydrogen-bond donors (Lipinski definition) is 0. The molecule has 0 aliphatic rings. The van der Waals surface area contributed by atoms with Gasteiger partial charge in [0.1, 0.15) is 6.10 Å². The smallest absolute Gasteiger partial charge is 0.338 e. The van der Waals surface area contributed by atoms with Gasteiger partial charge in [-0.3, -0.25) is 0 Å². The van der Waals surface area contributed by atoms with Crippen LogP contribution in [0.3, 0.4) is 0 Å². The maximum atomic E-state index is 12.4. The van der Waals surface area contributed by atoms with Crippen LogP contribution in [0.15, 0.2) is 78.9 Å².